The molecule has 1 atom stereocenters. The van der Waals surface area contributed by atoms with Gasteiger partial charge in [0.15, 0.2) is 11.5 Å². The monoisotopic (exact) mass is 250 g/mol. The van der Waals surface area contributed by atoms with Crippen LogP contribution in [-0.4, -0.2) is 25.3 Å². The molecule has 2 rings (SSSR count). The van der Waals surface area contributed by atoms with Gasteiger partial charge in [0.2, 0.25) is 6.79 Å². The molecule has 98 valence electrons. The number of benzene rings is 1. The third kappa shape index (κ3) is 2.92. The molecule has 1 aliphatic heterocycles. The van der Waals surface area contributed by atoms with Crippen LogP contribution in [0.2, 0.25) is 0 Å². The van der Waals surface area contributed by atoms with Crippen molar-refractivity contribution in [2.24, 2.45) is 5.73 Å². The number of ether oxygens (including phenoxy) is 2. The van der Waals surface area contributed by atoms with Gasteiger partial charge in [0, 0.05) is 11.6 Å². The Morgan fingerprint density at radius 1 is 1.44 bits per heavy atom. The fraction of sp³-hybridized carbons (Fsp3) is 0.462. The zero-order valence-corrected chi connectivity index (χ0v) is 10.4. The Labute approximate surface area is 106 Å². The van der Waals surface area contributed by atoms with Gasteiger partial charge < -0.3 is 20.5 Å². The highest BCUT2D eigenvalue weighted by Crippen LogP contribution is 2.32. The van der Waals surface area contributed by atoms with Crippen LogP contribution in [0.25, 0.3) is 0 Å². The van der Waals surface area contributed by atoms with Crippen LogP contribution in [0.3, 0.4) is 0 Å². The van der Waals surface area contributed by atoms with Gasteiger partial charge in [0.1, 0.15) is 0 Å². The summed E-state index contributed by atoms with van der Waals surface area (Å²) in [5.41, 5.74) is 6.02. The first kappa shape index (κ1) is 12.7. The second-order valence-electron chi connectivity index (χ2n) is 4.37. The minimum absolute atomic E-state index is 0.0992. The Hall–Kier alpha value is -1.75. The van der Waals surface area contributed by atoms with E-state index >= 15 is 0 Å². The van der Waals surface area contributed by atoms with Gasteiger partial charge in [-0.15, -0.1) is 0 Å². The number of carbonyl (C=O) groups is 1. The van der Waals surface area contributed by atoms with Crippen LogP contribution in [0.1, 0.15) is 30.1 Å². The molecular formula is C13H18N2O3. The molecule has 0 spiro atoms. The lowest BCUT2D eigenvalue weighted by atomic mass is 10.1. The molecule has 0 radical (unpaired) electrons. The smallest absolute Gasteiger partial charge is 0.251 e. The van der Waals surface area contributed by atoms with Crippen molar-refractivity contribution in [3.8, 4) is 11.5 Å². The maximum absolute atomic E-state index is 12.0. The highest BCUT2D eigenvalue weighted by molar-refractivity contribution is 5.95. The van der Waals surface area contributed by atoms with Crippen molar-refractivity contribution >= 4 is 5.91 Å². The number of nitrogens with one attached hydrogen (secondary N) is 1. The maximum Gasteiger partial charge on any atom is 0.251 e. The summed E-state index contributed by atoms with van der Waals surface area (Å²) in [6.45, 7) is 2.83. The number of nitrogens with two attached hydrogens (primary N) is 1. The second kappa shape index (κ2) is 5.73. The van der Waals surface area contributed by atoms with Crippen molar-refractivity contribution in [1.82, 2.24) is 5.32 Å². The van der Waals surface area contributed by atoms with E-state index < -0.39 is 0 Å². The Morgan fingerprint density at radius 3 is 3.00 bits per heavy atom. The number of hydrogen-bond acceptors (Lipinski definition) is 4. The first-order valence-electron chi connectivity index (χ1n) is 6.11. The normalized spacial score (nSPS) is 14.3. The van der Waals surface area contributed by atoms with Crippen LogP contribution < -0.4 is 20.5 Å². The number of rotatable bonds is 5. The third-order valence-corrected chi connectivity index (χ3v) is 2.85. The Bertz CT molecular complexity index is 434. The van der Waals surface area contributed by atoms with E-state index in [1.54, 1.807) is 18.2 Å². The van der Waals surface area contributed by atoms with Crippen LogP contribution in [0.15, 0.2) is 18.2 Å². The highest BCUT2D eigenvalue weighted by atomic mass is 16.7. The van der Waals surface area contributed by atoms with Crippen molar-refractivity contribution in [1.29, 1.82) is 0 Å². The summed E-state index contributed by atoms with van der Waals surface area (Å²) in [5.74, 6) is 1.21. The molecule has 0 bridgehead atoms. The zero-order chi connectivity index (χ0) is 13.0. The largest absolute Gasteiger partial charge is 0.454 e. The molecule has 1 heterocycles. The van der Waals surface area contributed by atoms with Crippen molar-refractivity contribution in [3.05, 3.63) is 23.8 Å². The molecule has 5 heteroatoms. The molecule has 0 aromatic heterocycles. The Kier molecular flexibility index (Phi) is 4.04. The van der Waals surface area contributed by atoms with Crippen LogP contribution in [0.5, 0.6) is 11.5 Å². The predicted octanol–water partition coefficient (Wildman–Crippen LogP) is 1.27. The molecule has 3 N–H and O–H groups in total. The fourth-order valence-electron chi connectivity index (χ4n) is 1.84. The molecule has 0 saturated heterocycles. The average molecular weight is 250 g/mol. The van der Waals surface area contributed by atoms with E-state index in [-0.39, 0.29) is 18.7 Å². The van der Waals surface area contributed by atoms with E-state index in [4.69, 9.17) is 15.2 Å². The summed E-state index contributed by atoms with van der Waals surface area (Å²) in [4.78, 5) is 12.0. The zero-order valence-electron chi connectivity index (χ0n) is 10.4. The van der Waals surface area contributed by atoms with Crippen LogP contribution >= 0.6 is 0 Å². The Morgan fingerprint density at radius 2 is 2.22 bits per heavy atom. The summed E-state index contributed by atoms with van der Waals surface area (Å²) in [7, 11) is 0. The third-order valence-electron chi connectivity index (χ3n) is 2.85. The van der Waals surface area contributed by atoms with E-state index in [2.05, 4.69) is 5.32 Å². The van der Waals surface area contributed by atoms with Crippen molar-refractivity contribution < 1.29 is 14.3 Å². The Balaban J connectivity index is 1.96. The molecule has 18 heavy (non-hydrogen) atoms. The molecule has 1 aromatic rings. The van der Waals surface area contributed by atoms with E-state index in [1.165, 1.54) is 0 Å². The van der Waals surface area contributed by atoms with Crippen LogP contribution in [0, 0.1) is 0 Å². The van der Waals surface area contributed by atoms with E-state index in [1.807, 2.05) is 6.92 Å². The molecule has 0 saturated carbocycles. The number of hydrogen-bond donors (Lipinski definition) is 2. The number of fused-ring (bicyclic) bond motifs is 1. The summed E-state index contributed by atoms with van der Waals surface area (Å²) < 4.78 is 10.4. The quantitative estimate of drug-likeness (QED) is 0.825. The van der Waals surface area contributed by atoms with E-state index in [0.29, 0.717) is 23.6 Å². The summed E-state index contributed by atoms with van der Waals surface area (Å²) >= 11 is 0. The molecule has 1 unspecified atom stereocenters. The lowest BCUT2D eigenvalue weighted by Crippen LogP contribution is -2.32. The van der Waals surface area contributed by atoms with Crippen molar-refractivity contribution in [2.45, 2.75) is 25.8 Å². The summed E-state index contributed by atoms with van der Waals surface area (Å²) in [6.07, 6.45) is 1.79. The fourth-order valence-corrected chi connectivity index (χ4v) is 1.84. The molecule has 0 fully saturated rings. The first-order valence-corrected chi connectivity index (χ1v) is 6.11. The molecule has 0 aliphatic carbocycles. The maximum atomic E-state index is 12.0. The van der Waals surface area contributed by atoms with E-state index in [9.17, 15) is 4.79 Å². The minimum Gasteiger partial charge on any atom is -0.454 e. The molecular weight excluding hydrogens is 232 g/mol. The number of amides is 1. The average Bonchev–Trinajstić information content (AvgIpc) is 2.83. The van der Waals surface area contributed by atoms with Crippen molar-refractivity contribution in [2.75, 3.05) is 13.3 Å². The van der Waals surface area contributed by atoms with Gasteiger partial charge in [-0.2, -0.15) is 0 Å². The van der Waals surface area contributed by atoms with Crippen molar-refractivity contribution in [3.63, 3.8) is 0 Å². The SMILES string of the molecule is CC(CCCN)NC(=O)c1ccc2c(c1)OCO2. The topological polar surface area (TPSA) is 73.6 Å². The van der Waals surface area contributed by atoms with Crippen LogP contribution in [-0.2, 0) is 0 Å². The van der Waals surface area contributed by atoms with E-state index in [0.717, 1.165) is 12.8 Å². The van der Waals surface area contributed by atoms with Crippen LogP contribution in [0.4, 0.5) is 0 Å². The minimum atomic E-state index is -0.0992. The van der Waals surface area contributed by atoms with Gasteiger partial charge in [0.25, 0.3) is 5.91 Å². The molecule has 5 nitrogen and oxygen atoms in total. The lowest BCUT2D eigenvalue weighted by molar-refractivity contribution is 0.0937. The van der Waals surface area contributed by atoms with Gasteiger partial charge in [-0.1, -0.05) is 0 Å². The van der Waals surface area contributed by atoms with Gasteiger partial charge >= 0.3 is 0 Å². The van der Waals surface area contributed by atoms with Gasteiger partial charge in [-0.25, -0.2) is 0 Å². The second-order valence-corrected chi connectivity index (χ2v) is 4.37. The van der Waals surface area contributed by atoms with Gasteiger partial charge in [0.05, 0.1) is 0 Å². The standard InChI is InChI=1S/C13H18N2O3/c1-9(3-2-6-14)15-13(16)10-4-5-11-12(7-10)18-8-17-11/h4-5,7,9H,2-3,6,8,14H2,1H3,(H,15,16). The highest BCUT2D eigenvalue weighted by Gasteiger charge is 2.16. The molecule has 1 aromatic carbocycles. The lowest BCUT2D eigenvalue weighted by Gasteiger charge is -2.13. The predicted molar refractivity (Wildman–Crippen MR) is 67.8 cm³/mol. The first-order chi connectivity index (χ1) is 8.70. The van der Waals surface area contributed by atoms with Gasteiger partial charge in [-0.05, 0) is 44.5 Å². The number of carbonyl (C=O) groups excluding carboxylic acids is 1. The molecule has 1 amide bonds. The summed E-state index contributed by atoms with van der Waals surface area (Å²) in [5, 5.41) is 2.93. The molecule has 1 aliphatic rings. The van der Waals surface area contributed by atoms with Gasteiger partial charge in [-0.3, -0.25) is 4.79 Å². The summed E-state index contributed by atoms with van der Waals surface area (Å²) in [6, 6.07) is 5.31.